The van der Waals surface area contributed by atoms with E-state index in [2.05, 4.69) is 124 Å². The summed E-state index contributed by atoms with van der Waals surface area (Å²) in [5.41, 5.74) is 24.6. The number of aliphatic hydroxyl groups is 4. The number of alkyl halides is 1. The van der Waals surface area contributed by atoms with Crippen LogP contribution in [0.1, 0.15) is 174 Å². The van der Waals surface area contributed by atoms with Gasteiger partial charge in [0.2, 0.25) is 11.9 Å². The van der Waals surface area contributed by atoms with Gasteiger partial charge in [-0.25, -0.2) is 19.6 Å². The minimum absolute atomic E-state index is 0. The molecule has 752 valence electrons. The number of Topliss-reactive ketones (excluding diaryl/α,β-unsaturated/α-hetero) is 1. The molecular formula is C97H145ClF2N18O14S4. The summed E-state index contributed by atoms with van der Waals surface area (Å²) in [4.78, 5) is 58.9. The van der Waals surface area contributed by atoms with Crippen molar-refractivity contribution in [2.75, 3.05) is 77.9 Å². The van der Waals surface area contributed by atoms with Crippen molar-refractivity contribution in [2.24, 2.45) is 33.9 Å². The Balaban J connectivity index is 0.000000432. The molecule has 10 N–H and O–H groups in total. The van der Waals surface area contributed by atoms with Crippen molar-refractivity contribution in [3.8, 4) is 23.0 Å². The number of aliphatic hydroxyl groups excluding tert-OH is 4. The van der Waals surface area contributed by atoms with Crippen LogP contribution in [0.5, 0.6) is 23.0 Å². The number of rotatable bonds is 28. The Hall–Kier alpha value is -9.91. The SMILES string of the molecule is C.C.CC(=O)c1ccnc(F)c1.CC(C)(C)OC(=O)NC[C@H](O)CCl.Cc1c(OCc2ccnn2C)ccc2c1CCN(C[C@@H](O)CN)C2.Cc1c(OCc2ccnn2C)ccc2c1CCN(C[C@@H](O)CNC(=O)OC(C)(C)C)C2.Cc1c(OCc2ccnn2C)ccc2c1CCN(C[C@@H](O)CNC(=O)c1ccnc(F)c1)C2.Cc1c(OCc2ccnn2C)ccc2c1CCNC2.S.S.S.S. The molecule has 39 heteroatoms. The topological polar surface area (TPSA) is 385 Å². The number of ketones is 1. The van der Waals surface area contributed by atoms with E-state index in [1.54, 1.807) is 50.2 Å². The number of aromatic nitrogens is 10. The minimum atomic E-state index is -0.732. The number of ether oxygens (including phenoxy) is 6. The van der Waals surface area contributed by atoms with E-state index in [1.807, 2.05) is 105 Å². The molecule has 0 spiro atoms. The lowest BCUT2D eigenvalue weighted by molar-refractivity contribution is 0.0462. The van der Waals surface area contributed by atoms with Gasteiger partial charge in [0.1, 0.15) is 60.6 Å². The van der Waals surface area contributed by atoms with E-state index >= 15 is 0 Å². The number of carbonyl (C=O) groups excluding carboxylic acids is 4. The van der Waals surface area contributed by atoms with Gasteiger partial charge < -0.3 is 75.8 Å². The lowest BCUT2D eigenvalue weighted by Crippen LogP contribution is -2.43. The summed E-state index contributed by atoms with van der Waals surface area (Å²) in [6, 6.07) is 29.6. The van der Waals surface area contributed by atoms with Crippen molar-refractivity contribution in [3.63, 3.8) is 0 Å². The normalized spacial score (nSPS) is 13.8. The van der Waals surface area contributed by atoms with Gasteiger partial charge in [-0.3, -0.25) is 43.0 Å². The summed E-state index contributed by atoms with van der Waals surface area (Å²) in [6.07, 6.45) is 9.81. The average Bonchev–Trinajstić information content (AvgIpc) is 0.900. The number of amides is 3. The van der Waals surface area contributed by atoms with Crippen LogP contribution in [0.3, 0.4) is 0 Å². The first-order valence-corrected chi connectivity index (χ1v) is 44.1. The number of hydrogen-bond donors (Lipinski definition) is 9. The van der Waals surface area contributed by atoms with Crippen LogP contribution in [0.15, 0.2) is 134 Å². The summed E-state index contributed by atoms with van der Waals surface area (Å²) in [7, 11) is 7.66. The van der Waals surface area contributed by atoms with Gasteiger partial charge in [-0.05, 0) is 236 Å². The Morgan fingerprint density at radius 2 is 0.772 bits per heavy atom. The van der Waals surface area contributed by atoms with Crippen LogP contribution in [0.4, 0.5) is 18.4 Å². The van der Waals surface area contributed by atoms with E-state index in [1.165, 1.54) is 92.6 Å². The largest absolute Gasteiger partial charge is 0.487 e. The Kier molecular flexibility index (Phi) is 51.9. The van der Waals surface area contributed by atoms with E-state index in [0.717, 1.165) is 142 Å². The fourth-order valence-corrected chi connectivity index (χ4v) is 15.0. The number of nitrogens with zero attached hydrogens (tertiary/aromatic N) is 13. The van der Waals surface area contributed by atoms with Crippen LogP contribution in [0.2, 0.25) is 0 Å². The van der Waals surface area contributed by atoms with Crippen molar-refractivity contribution in [2.45, 2.75) is 205 Å². The Labute approximate surface area is 832 Å². The third-order valence-corrected chi connectivity index (χ3v) is 22.5. The van der Waals surface area contributed by atoms with Crippen LogP contribution in [-0.2, 0) is 116 Å². The zero-order valence-electron chi connectivity index (χ0n) is 79.4. The number of benzene rings is 4. The Morgan fingerprint density at radius 1 is 0.456 bits per heavy atom. The average molecular weight is 1990 g/mol. The molecule has 0 aliphatic carbocycles. The van der Waals surface area contributed by atoms with E-state index in [0.29, 0.717) is 58.2 Å². The smallest absolute Gasteiger partial charge is 0.407 e. The molecule has 4 atom stereocenters. The third-order valence-electron chi connectivity index (χ3n) is 22.1. The number of halogens is 3. The molecule has 32 nitrogen and oxygen atoms in total. The number of nitrogens with two attached hydrogens (primary N) is 1. The molecule has 0 radical (unpaired) electrons. The number of β-amino-alcohol motifs (C(OH)–C–C–N with tert-alkyl or cyclic N) is 3. The first-order chi connectivity index (χ1) is 61.9. The fraction of sp³-hybridized carbons (Fsp3) is 0.485. The maximum atomic E-state index is 13.2. The van der Waals surface area contributed by atoms with Gasteiger partial charge in [-0.15, -0.1) is 11.6 Å². The molecule has 0 bridgehead atoms. The number of alkyl carbamates (subject to hydrolysis) is 2. The molecule has 10 heterocycles. The van der Waals surface area contributed by atoms with Gasteiger partial charge in [0, 0.05) is 180 Å². The van der Waals surface area contributed by atoms with Crippen molar-refractivity contribution in [1.29, 1.82) is 0 Å². The molecule has 0 saturated heterocycles. The maximum Gasteiger partial charge on any atom is 0.407 e. The second-order valence-electron chi connectivity index (χ2n) is 34.4. The van der Waals surface area contributed by atoms with E-state index in [-0.39, 0.29) is 106 Å². The van der Waals surface area contributed by atoms with Crippen LogP contribution in [0, 0.1) is 39.6 Å². The molecule has 14 rings (SSSR count). The molecule has 0 unspecified atom stereocenters. The van der Waals surface area contributed by atoms with Crippen LogP contribution >= 0.6 is 65.6 Å². The zero-order chi connectivity index (χ0) is 94.4. The Morgan fingerprint density at radius 3 is 1.08 bits per heavy atom. The van der Waals surface area contributed by atoms with Crippen molar-refractivity contribution >= 4 is 89.5 Å². The van der Waals surface area contributed by atoms with Crippen LogP contribution in [0.25, 0.3) is 0 Å². The molecule has 4 aliphatic rings. The quantitative estimate of drug-likeness (QED) is 0.0125. The number of fused-ring (bicyclic) bond motifs is 4. The lowest BCUT2D eigenvalue weighted by Gasteiger charge is -2.31. The molecule has 6 aromatic heterocycles. The highest BCUT2D eigenvalue weighted by Gasteiger charge is 2.28. The van der Waals surface area contributed by atoms with E-state index in [9.17, 15) is 43.3 Å². The zero-order valence-corrected chi connectivity index (χ0v) is 84.1. The first kappa shape index (κ1) is 120. The summed E-state index contributed by atoms with van der Waals surface area (Å²) in [6.45, 7) is 31.8. The minimum Gasteiger partial charge on any atom is -0.487 e. The van der Waals surface area contributed by atoms with Gasteiger partial charge >= 0.3 is 12.2 Å². The number of carbonyl (C=O) groups is 4. The first-order valence-electron chi connectivity index (χ1n) is 43.6. The van der Waals surface area contributed by atoms with Gasteiger partial charge in [-0.1, -0.05) is 39.1 Å². The molecule has 0 saturated carbocycles. The maximum absolute atomic E-state index is 13.2. The van der Waals surface area contributed by atoms with Gasteiger partial charge in [0.05, 0.1) is 53.1 Å². The molecule has 4 aromatic carbocycles. The highest BCUT2D eigenvalue weighted by atomic mass is 35.5. The lowest BCUT2D eigenvalue weighted by atomic mass is 9.94. The van der Waals surface area contributed by atoms with Gasteiger partial charge in [0.15, 0.2) is 5.78 Å². The molecular weight excluding hydrogens is 1840 g/mol. The molecule has 3 amide bonds. The number of aryl methyl sites for hydroxylation is 4. The number of hydrogen-bond acceptors (Lipinski definition) is 25. The van der Waals surface area contributed by atoms with Crippen LogP contribution < -0.4 is 45.9 Å². The third kappa shape index (κ3) is 38.5. The second-order valence-corrected chi connectivity index (χ2v) is 34.7. The highest BCUT2D eigenvalue weighted by Crippen LogP contribution is 2.34. The summed E-state index contributed by atoms with van der Waals surface area (Å²) < 4.78 is 66.9. The predicted octanol–water partition coefficient (Wildman–Crippen LogP) is 11.7. The molecule has 0 fully saturated rings. The summed E-state index contributed by atoms with van der Waals surface area (Å²) in [5.74, 6) is 1.87. The summed E-state index contributed by atoms with van der Waals surface area (Å²) >= 11 is 5.33. The second kappa shape index (κ2) is 58.7. The highest BCUT2D eigenvalue weighted by molar-refractivity contribution is 7.59. The van der Waals surface area contributed by atoms with Gasteiger partial charge in [0.25, 0.3) is 5.91 Å². The number of pyridine rings is 2. The molecule has 136 heavy (non-hydrogen) atoms. The monoisotopic (exact) mass is 1990 g/mol. The standard InChI is InChI=1S/C24H28FN5O3.C23H34N4O4.C18H26N4O2.C15H19N3O.C8H16ClNO3.C7H6FNO.2CH4.4H2S/c1-16-21-7-10-30(14-20(31)12-27-24(32)17-5-8-26-23(25)11-17)13-18(21)3-4-22(16)33-15-19-6-9-28-29(19)2;1-16-20-9-11-27(14-19(28)12-24-22(29)31-23(2,3)4)13-17(20)6-7-21(16)30-15-18-8-10-25-26(18)5;1-13-17-6-8-22(11-16(23)9-19)10-14(17)3-4-18(13)24-12-15-5-7-20-21(15)2;1-11-14-6-7-16-9-12(14)3-4-15(11)19-10-13-5-8-17-18(13)2;1-8(2,3)13-7(12)10-5-6(11)4-9;1-5(10)6-2-3-9-7(8)4-6;;;;;;/h3-6,8-9,11,20,31H,7,10,12-15H2,1-2H3,(H,27,32);6-8,10,19,28H,9,11-15H2,1-5H3,(H,24,29);3-5,7,16,23H,6,8-12,19H2,1-2H3;3-5,8,16H,6-7,9-10H2,1-2H3;6,11H,4-5H2,1-3H3,(H,10,12);2-4H,1H3;2*1H4;4*1H2/t20-;19-;16-;;6-;;;;;;;/m000.1......./s1. The molecule has 10 aromatic rings. The predicted molar refractivity (Wildman–Crippen MR) is 545 cm³/mol. The van der Waals surface area contributed by atoms with Crippen LogP contribution in [-0.4, -0.2) is 222 Å². The van der Waals surface area contributed by atoms with Crippen molar-refractivity contribution < 1.29 is 76.8 Å². The van der Waals surface area contributed by atoms with Crippen molar-refractivity contribution in [3.05, 3.63) is 247 Å². The fourth-order valence-electron chi connectivity index (χ4n) is 14.9. The molecule has 4 aliphatic heterocycles. The van der Waals surface area contributed by atoms with Crippen molar-refractivity contribution in [1.82, 2.24) is 85.1 Å². The van der Waals surface area contributed by atoms with Gasteiger partial charge in [-0.2, -0.15) is 83.2 Å². The Bertz CT molecular complexity index is 5350. The summed E-state index contributed by atoms with van der Waals surface area (Å²) in [5, 5.41) is 67.2. The van der Waals surface area contributed by atoms with E-state index < -0.39 is 65.6 Å². The number of nitrogens with one attached hydrogen (secondary N) is 4. The van der Waals surface area contributed by atoms with E-state index in [4.69, 9.17) is 50.9 Å².